The first-order chi connectivity index (χ1) is 28.7. The van der Waals surface area contributed by atoms with E-state index in [9.17, 15) is 0 Å². The third-order valence-corrected chi connectivity index (χ3v) is 16.9. The Balaban J connectivity index is 0.000000243. The summed E-state index contributed by atoms with van der Waals surface area (Å²) < 4.78 is 0. The summed E-state index contributed by atoms with van der Waals surface area (Å²) in [4.78, 5) is 0. The molecular weight excluding hydrogens is 788 g/mol. The molecule has 340 valence electrons. The van der Waals surface area contributed by atoms with E-state index in [-0.39, 0.29) is 0 Å². The van der Waals surface area contributed by atoms with E-state index in [0.717, 1.165) is 41.9 Å². The maximum absolute atomic E-state index is 4.25. The third kappa shape index (κ3) is 11.8. The Labute approximate surface area is 369 Å². The first kappa shape index (κ1) is 46.5. The van der Waals surface area contributed by atoms with E-state index in [0.29, 0.717) is 61.2 Å². The van der Waals surface area contributed by atoms with Crippen LogP contribution in [-0.2, 0) is 15.1 Å². The summed E-state index contributed by atoms with van der Waals surface area (Å²) in [6, 6.07) is 0. The van der Waals surface area contributed by atoms with Crippen molar-refractivity contribution in [1.29, 1.82) is 0 Å². The molecule has 5 heterocycles. The van der Waals surface area contributed by atoms with E-state index in [4.69, 9.17) is 0 Å². The van der Waals surface area contributed by atoms with Crippen LogP contribution < -0.4 is 42.5 Å². The first-order valence-electron chi connectivity index (χ1n) is 25.5. The summed E-state index contributed by atoms with van der Waals surface area (Å²) >= 11 is 3.66. The van der Waals surface area contributed by atoms with Crippen molar-refractivity contribution >= 4 is 10.1 Å². The topological polar surface area (TPSA) is 96.2 Å². The zero-order valence-corrected chi connectivity index (χ0v) is 38.4. The van der Waals surface area contributed by atoms with Crippen molar-refractivity contribution in [3.05, 3.63) is 13.3 Å². The van der Waals surface area contributed by atoms with Gasteiger partial charge in [-0.25, -0.2) is 0 Å². The van der Waals surface area contributed by atoms with Crippen LogP contribution in [-0.4, -0.2) is 49.3 Å². The number of fused-ring (bicyclic) bond motifs is 20. The van der Waals surface area contributed by atoms with E-state index >= 15 is 0 Å². The van der Waals surface area contributed by atoms with Crippen molar-refractivity contribution in [2.45, 2.75) is 242 Å². The molecule has 8 nitrogen and oxygen atoms in total. The molecule has 4 aliphatic carbocycles. The predicted octanol–water partition coefficient (Wildman–Crippen LogP) is 9.41. The number of rotatable bonds is 13. The molecule has 16 atom stereocenters. The summed E-state index contributed by atoms with van der Waals surface area (Å²) in [5, 5.41) is 33.7. The van der Waals surface area contributed by atoms with E-state index in [1.54, 1.807) is 0 Å². The second-order valence-corrected chi connectivity index (χ2v) is 20.5. The van der Waals surface area contributed by atoms with Gasteiger partial charge in [-0.1, -0.05) is 142 Å². The van der Waals surface area contributed by atoms with Crippen LogP contribution in [0.2, 0.25) is 0 Å². The molecule has 58 heavy (non-hydrogen) atoms. The molecule has 0 radical (unpaired) electrons. The Bertz CT molecular complexity index is 931. The van der Waals surface area contributed by atoms with E-state index < -0.39 is 0 Å². The Hall–Kier alpha value is 0.489. The summed E-state index contributed by atoms with van der Waals surface area (Å²) in [5.74, 6) is 5.74. The van der Waals surface area contributed by atoms with Crippen molar-refractivity contribution in [2.24, 2.45) is 47.3 Å². The quantitative estimate of drug-likeness (QED) is 0.0528. The first-order valence-corrected chi connectivity index (χ1v) is 26.8. The monoisotopic (exact) mass is 875 g/mol. The Kier molecular flexibility index (Phi) is 19.7. The van der Waals surface area contributed by atoms with Crippen molar-refractivity contribution in [3.63, 3.8) is 0 Å². The van der Waals surface area contributed by atoms with Crippen LogP contribution in [0.25, 0.3) is 0 Å². The van der Waals surface area contributed by atoms with Gasteiger partial charge in [0.25, 0.3) is 0 Å². The van der Waals surface area contributed by atoms with E-state index in [1.807, 2.05) is 0 Å². The molecule has 9 aliphatic rings. The minimum atomic E-state index is 0.365. The number of hydrogen-bond donors (Lipinski definition) is 8. The van der Waals surface area contributed by atoms with Crippen LogP contribution in [0.3, 0.4) is 0 Å². The molecule has 0 aromatic rings. The molecule has 4 saturated carbocycles. The Morgan fingerprint density at radius 1 is 0.397 bits per heavy atom. The van der Waals surface area contributed by atoms with Gasteiger partial charge in [0.15, 0.2) is 0 Å². The van der Waals surface area contributed by atoms with Gasteiger partial charge in [-0.3, -0.25) is 42.5 Å². The number of hydrogen-bond acceptors (Lipinski definition) is 8. The van der Waals surface area contributed by atoms with Gasteiger partial charge in [0.2, 0.25) is 0 Å². The fourth-order valence-electron chi connectivity index (χ4n) is 13.9. The molecule has 0 amide bonds. The van der Waals surface area contributed by atoms with Crippen LogP contribution in [0.4, 0.5) is 0 Å². The second kappa shape index (κ2) is 24.5. The molecule has 16 unspecified atom stereocenters. The predicted molar refractivity (Wildman–Crippen MR) is 238 cm³/mol. The zero-order chi connectivity index (χ0) is 40.1. The Morgan fingerprint density at radius 2 is 0.672 bits per heavy atom. The summed E-state index contributed by atoms with van der Waals surface area (Å²) in [6.07, 6.45) is 46.3. The molecule has 8 N–H and O–H groups in total. The number of unbranched alkanes of at least 4 members (excludes halogenated alkanes) is 13. The van der Waals surface area contributed by atoms with Gasteiger partial charge in [-0.15, -0.1) is 5.92 Å². The summed E-state index contributed by atoms with van der Waals surface area (Å²) in [6.45, 7) is 6.16. The van der Waals surface area contributed by atoms with E-state index in [1.165, 1.54) is 180 Å². The van der Waals surface area contributed by atoms with Gasteiger partial charge in [0.05, 0.1) is 43.2 Å². The zero-order valence-electron chi connectivity index (χ0n) is 36.7. The SMILES string of the molecule is [CH-]1CCCC2C3NC(NC4NC(NC5NC(NC6NC(N3)C3CCCCC63)C3CCCCC53)C3CCCCC43)C12.[CH2-]CCCCCCCCCCCCCCC.[Cl][Cu]. The standard InChI is InChI=1S/C32H55N8.C16H33.ClH.Cu/c1-2-10-18-17(9-1)25-33-26(18)38-28-21-13-5-6-14-22(21)30(35-28)40-32-24-16-8-7-15-23(24)31(36-32)39-29-20-12-4-3-11-19(20)27(34-29)37-25;1-3-5-7-9-11-13-15-16-14-12-10-8-6-4-2;;/h9,17-40H,1-8,10-16H2;1,3-16H2,2H3;1H;/q2*-1;;+1/p-1. The Morgan fingerprint density at radius 3 is 1.00 bits per heavy atom. The molecule has 5 aliphatic heterocycles. The second-order valence-electron chi connectivity index (χ2n) is 20.5. The van der Waals surface area contributed by atoms with E-state index in [2.05, 4.69) is 88.0 Å². The fourth-order valence-corrected chi connectivity index (χ4v) is 13.9. The van der Waals surface area contributed by atoms with Gasteiger partial charge in [-0.05, 0) is 80.0 Å². The van der Waals surface area contributed by atoms with Gasteiger partial charge >= 0.3 is 25.2 Å². The van der Waals surface area contributed by atoms with Crippen molar-refractivity contribution in [3.8, 4) is 0 Å². The van der Waals surface area contributed by atoms with Crippen LogP contribution in [0, 0.1) is 60.7 Å². The van der Waals surface area contributed by atoms with Crippen molar-refractivity contribution in [1.82, 2.24) is 42.5 Å². The number of halogens is 1. The molecule has 0 aromatic heterocycles. The van der Waals surface area contributed by atoms with Gasteiger partial charge in [-0.2, -0.15) is 12.8 Å². The molecule has 10 heteroatoms. The maximum atomic E-state index is 4.25. The van der Waals surface area contributed by atoms with Crippen LogP contribution in [0.15, 0.2) is 0 Å². The number of nitrogens with one attached hydrogen (secondary N) is 8. The van der Waals surface area contributed by atoms with Gasteiger partial charge in [0.1, 0.15) is 0 Å². The van der Waals surface area contributed by atoms with Crippen molar-refractivity contribution < 1.29 is 15.1 Å². The van der Waals surface area contributed by atoms with Crippen molar-refractivity contribution in [2.75, 3.05) is 0 Å². The average molecular weight is 876 g/mol. The van der Waals surface area contributed by atoms with Gasteiger partial charge < -0.3 is 13.3 Å². The minimum absolute atomic E-state index is 0.365. The molecule has 8 bridgehead atoms. The third-order valence-electron chi connectivity index (χ3n) is 16.9. The van der Waals surface area contributed by atoms with Gasteiger partial charge in [0, 0.05) is 6.17 Å². The van der Waals surface area contributed by atoms with Crippen LogP contribution >= 0.6 is 10.1 Å². The molecule has 0 spiro atoms. The molecular formula is C48H88ClCuN8-2. The molecule has 9 fully saturated rings. The average Bonchev–Trinajstić information content (AvgIpc) is 4.01. The van der Waals surface area contributed by atoms with Crippen LogP contribution in [0.5, 0.6) is 0 Å². The molecule has 5 saturated heterocycles. The molecule has 0 aromatic carbocycles. The fraction of sp³-hybridized carbons (Fsp3) is 0.958. The normalized spacial score (nSPS) is 42.8. The van der Waals surface area contributed by atoms with Crippen LogP contribution in [0.1, 0.15) is 193 Å². The summed E-state index contributed by atoms with van der Waals surface area (Å²) in [5.41, 5.74) is 0. The molecule has 9 rings (SSSR count). The summed E-state index contributed by atoms with van der Waals surface area (Å²) in [7, 11) is 4.20.